The molecule has 3 nitrogen and oxygen atoms in total. The van der Waals surface area contributed by atoms with Crippen LogP contribution in [0.4, 0.5) is 22.7 Å². The molecule has 0 radical (unpaired) electrons. The molecule has 3 aromatic rings. The van der Waals surface area contributed by atoms with E-state index < -0.39 is 0 Å². The van der Waals surface area contributed by atoms with E-state index in [1.54, 1.807) is 0 Å². The Morgan fingerprint density at radius 1 is 0.763 bits per heavy atom. The first kappa shape index (κ1) is 28.6. The molecule has 0 aromatic heterocycles. The van der Waals surface area contributed by atoms with Crippen LogP contribution in [0.3, 0.4) is 0 Å². The number of allylic oxidation sites excluding steroid dienone is 3. The normalized spacial score (nSPS) is 12.4. The van der Waals surface area contributed by atoms with Crippen molar-refractivity contribution >= 4 is 22.7 Å². The molecule has 0 bridgehead atoms. The summed E-state index contributed by atoms with van der Waals surface area (Å²) in [6.07, 6.45) is 5.62. The minimum absolute atomic E-state index is 0.0300. The van der Waals surface area contributed by atoms with Gasteiger partial charge in [0.1, 0.15) is 5.76 Å². The SMILES string of the molecule is C=C(O)/C(=C\C=C/C)C(=C)N(c1ccc(C(C)(C)C)cc1)c1cccc(Nc2ccc(C(C)(C)C)cc2)c1. The number of aliphatic hydroxyl groups is 1. The van der Waals surface area contributed by atoms with Crippen LogP contribution in [0, 0.1) is 0 Å². The number of nitrogens with zero attached hydrogens (tertiary/aromatic N) is 1. The average Bonchev–Trinajstić information content (AvgIpc) is 2.84. The molecule has 0 saturated heterocycles. The van der Waals surface area contributed by atoms with Gasteiger partial charge in [0.2, 0.25) is 0 Å². The van der Waals surface area contributed by atoms with E-state index in [1.165, 1.54) is 11.1 Å². The van der Waals surface area contributed by atoms with Crippen molar-refractivity contribution in [3.05, 3.63) is 132 Å². The second-order valence-corrected chi connectivity index (χ2v) is 11.6. The van der Waals surface area contributed by atoms with E-state index in [-0.39, 0.29) is 16.6 Å². The number of anilines is 4. The van der Waals surface area contributed by atoms with Gasteiger partial charge in [0.25, 0.3) is 0 Å². The summed E-state index contributed by atoms with van der Waals surface area (Å²) in [5, 5.41) is 14.0. The molecule has 0 saturated carbocycles. The third kappa shape index (κ3) is 7.07. The highest BCUT2D eigenvalue weighted by Crippen LogP contribution is 2.37. The summed E-state index contributed by atoms with van der Waals surface area (Å²) in [5.74, 6) is -0.0300. The van der Waals surface area contributed by atoms with Gasteiger partial charge in [-0.2, -0.15) is 0 Å². The first-order chi connectivity index (χ1) is 17.8. The van der Waals surface area contributed by atoms with Crippen molar-refractivity contribution in [3.8, 4) is 0 Å². The molecular weight excluding hydrogens is 464 g/mol. The maximum Gasteiger partial charge on any atom is 0.117 e. The van der Waals surface area contributed by atoms with E-state index >= 15 is 0 Å². The lowest BCUT2D eigenvalue weighted by Gasteiger charge is -2.29. The molecule has 0 fully saturated rings. The lowest BCUT2D eigenvalue weighted by molar-refractivity contribution is 0.427. The summed E-state index contributed by atoms with van der Waals surface area (Å²) in [6.45, 7) is 23.4. The van der Waals surface area contributed by atoms with Gasteiger partial charge in [0, 0.05) is 34.0 Å². The maximum absolute atomic E-state index is 10.4. The zero-order valence-corrected chi connectivity index (χ0v) is 24.0. The minimum Gasteiger partial charge on any atom is -0.508 e. The van der Waals surface area contributed by atoms with Gasteiger partial charge in [0.05, 0.1) is 0 Å². The lowest BCUT2D eigenvalue weighted by Crippen LogP contribution is -2.19. The fourth-order valence-electron chi connectivity index (χ4n) is 4.19. The van der Waals surface area contributed by atoms with Gasteiger partial charge in [-0.1, -0.05) is 97.2 Å². The van der Waals surface area contributed by atoms with Gasteiger partial charge in [-0.05, 0) is 77.4 Å². The highest BCUT2D eigenvalue weighted by atomic mass is 16.3. The summed E-state index contributed by atoms with van der Waals surface area (Å²) in [7, 11) is 0. The van der Waals surface area contributed by atoms with E-state index in [0.29, 0.717) is 11.3 Å². The third-order valence-electron chi connectivity index (χ3n) is 6.48. The predicted octanol–water partition coefficient (Wildman–Crippen LogP) is 10.3. The first-order valence-electron chi connectivity index (χ1n) is 13.1. The Bertz CT molecular complexity index is 1330. The minimum atomic E-state index is -0.0300. The third-order valence-corrected chi connectivity index (χ3v) is 6.48. The largest absolute Gasteiger partial charge is 0.508 e. The average molecular weight is 507 g/mol. The van der Waals surface area contributed by atoms with E-state index in [0.717, 1.165) is 22.7 Å². The first-order valence-corrected chi connectivity index (χ1v) is 13.1. The Labute approximate surface area is 229 Å². The summed E-state index contributed by atoms with van der Waals surface area (Å²) in [4.78, 5) is 2.05. The highest BCUT2D eigenvalue weighted by Gasteiger charge is 2.20. The van der Waals surface area contributed by atoms with Gasteiger partial charge >= 0.3 is 0 Å². The van der Waals surface area contributed by atoms with Crippen LogP contribution >= 0.6 is 0 Å². The second-order valence-electron chi connectivity index (χ2n) is 11.6. The fraction of sp³-hybridized carbons (Fsp3) is 0.257. The number of benzene rings is 3. The quantitative estimate of drug-likeness (QED) is 0.236. The molecule has 3 heteroatoms. The topological polar surface area (TPSA) is 35.5 Å². The van der Waals surface area contributed by atoms with Gasteiger partial charge in [-0.15, -0.1) is 0 Å². The van der Waals surface area contributed by atoms with Crippen LogP contribution in [0.25, 0.3) is 0 Å². The Kier molecular flexibility index (Phi) is 8.73. The highest BCUT2D eigenvalue weighted by molar-refractivity contribution is 5.76. The Hall–Kier alpha value is -3.98. The van der Waals surface area contributed by atoms with E-state index in [1.807, 2.05) is 43.4 Å². The maximum atomic E-state index is 10.4. The summed E-state index contributed by atoms with van der Waals surface area (Å²) in [6, 6.07) is 25.3. The van der Waals surface area contributed by atoms with Gasteiger partial charge < -0.3 is 15.3 Å². The van der Waals surface area contributed by atoms with E-state index in [9.17, 15) is 5.11 Å². The van der Waals surface area contributed by atoms with Crippen molar-refractivity contribution in [2.75, 3.05) is 10.2 Å². The number of rotatable bonds is 8. The molecule has 0 unspecified atom stereocenters. The number of aliphatic hydroxyl groups excluding tert-OH is 1. The standard InChI is InChI=1S/C35H42N2O/c1-10-11-15-33(26(3)38)25(2)37(31-22-18-28(19-23-31)35(7,8)9)32-14-12-13-30(24-32)36-29-20-16-27(17-21-29)34(4,5)6/h10-24,36,38H,2-3H2,1,4-9H3/b11-10-,33-15-. The fourth-order valence-corrected chi connectivity index (χ4v) is 4.19. The molecule has 3 rings (SSSR count). The van der Waals surface area contributed by atoms with Gasteiger partial charge in [0.15, 0.2) is 0 Å². The van der Waals surface area contributed by atoms with Crippen LogP contribution in [0.5, 0.6) is 0 Å². The summed E-state index contributed by atoms with van der Waals surface area (Å²) < 4.78 is 0. The van der Waals surface area contributed by atoms with E-state index in [4.69, 9.17) is 0 Å². The molecule has 0 aliphatic rings. The molecule has 0 spiro atoms. The number of hydrogen-bond donors (Lipinski definition) is 2. The second kappa shape index (κ2) is 11.6. The van der Waals surface area contributed by atoms with Crippen molar-refractivity contribution in [3.63, 3.8) is 0 Å². The van der Waals surface area contributed by atoms with Crippen LogP contribution in [0.2, 0.25) is 0 Å². The van der Waals surface area contributed by atoms with Crippen molar-refractivity contribution < 1.29 is 5.11 Å². The zero-order chi connectivity index (χ0) is 28.1. The number of nitrogens with one attached hydrogen (secondary N) is 1. The molecule has 0 amide bonds. The Morgan fingerprint density at radius 3 is 1.82 bits per heavy atom. The summed E-state index contributed by atoms with van der Waals surface area (Å²) >= 11 is 0. The zero-order valence-electron chi connectivity index (χ0n) is 24.0. The van der Waals surface area contributed by atoms with Crippen molar-refractivity contribution in [2.45, 2.75) is 59.3 Å². The van der Waals surface area contributed by atoms with Crippen molar-refractivity contribution in [2.24, 2.45) is 0 Å². The summed E-state index contributed by atoms with van der Waals surface area (Å²) in [5.41, 5.74) is 7.73. The smallest absolute Gasteiger partial charge is 0.117 e. The monoisotopic (exact) mass is 506 g/mol. The van der Waals surface area contributed by atoms with Crippen LogP contribution in [0.1, 0.15) is 59.6 Å². The lowest BCUT2D eigenvalue weighted by atomic mass is 9.87. The predicted molar refractivity (Wildman–Crippen MR) is 166 cm³/mol. The van der Waals surface area contributed by atoms with Crippen molar-refractivity contribution in [1.82, 2.24) is 0 Å². The molecule has 2 N–H and O–H groups in total. The molecule has 0 atom stereocenters. The molecular formula is C35H42N2O. The molecule has 0 aliphatic carbocycles. The van der Waals surface area contributed by atoms with Crippen molar-refractivity contribution in [1.29, 1.82) is 0 Å². The number of hydrogen-bond acceptors (Lipinski definition) is 3. The molecule has 38 heavy (non-hydrogen) atoms. The molecule has 198 valence electrons. The Balaban J connectivity index is 2.05. The van der Waals surface area contributed by atoms with Gasteiger partial charge in [-0.25, -0.2) is 0 Å². The van der Waals surface area contributed by atoms with Crippen LogP contribution in [-0.2, 0) is 10.8 Å². The molecule has 3 aromatic carbocycles. The van der Waals surface area contributed by atoms with Crippen LogP contribution in [-0.4, -0.2) is 5.11 Å². The van der Waals surface area contributed by atoms with Crippen LogP contribution < -0.4 is 10.2 Å². The molecule has 0 aliphatic heterocycles. The Morgan fingerprint density at radius 2 is 1.32 bits per heavy atom. The molecule has 0 heterocycles. The van der Waals surface area contributed by atoms with Gasteiger partial charge in [-0.3, -0.25) is 0 Å². The van der Waals surface area contributed by atoms with E-state index in [2.05, 4.69) is 120 Å². The van der Waals surface area contributed by atoms with Crippen LogP contribution in [0.15, 0.2) is 121 Å².